The Labute approximate surface area is 120 Å². The fourth-order valence-corrected chi connectivity index (χ4v) is 2.23. The van der Waals surface area contributed by atoms with Crippen LogP contribution >= 0.6 is 0 Å². The smallest absolute Gasteiger partial charge is 0.407 e. The van der Waals surface area contributed by atoms with Crippen LogP contribution in [0, 0.1) is 5.82 Å². The normalized spacial score (nSPS) is 13.7. The van der Waals surface area contributed by atoms with E-state index in [1.165, 1.54) is 17.0 Å². The van der Waals surface area contributed by atoms with E-state index in [1.54, 1.807) is 18.3 Å². The van der Waals surface area contributed by atoms with Crippen molar-refractivity contribution >= 4 is 17.7 Å². The monoisotopic (exact) mass is 288 g/mol. The fraction of sp³-hybridized carbons (Fsp3) is 0.214. The Morgan fingerprint density at radius 2 is 2.29 bits per heavy atom. The van der Waals surface area contributed by atoms with E-state index in [-0.39, 0.29) is 5.82 Å². The molecule has 2 N–H and O–H groups in total. The summed E-state index contributed by atoms with van der Waals surface area (Å²) >= 11 is 0. The summed E-state index contributed by atoms with van der Waals surface area (Å²) in [5.41, 5.74) is 2.19. The first-order chi connectivity index (χ1) is 10.1. The Morgan fingerprint density at radius 3 is 3.05 bits per heavy atom. The molecular formula is C14H13FN4O2. The first-order valence-electron chi connectivity index (χ1n) is 6.47. The van der Waals surface area contributed by atoms with Gasteiger partial charge in [-0.05, 0) is 18.2 Å². The molecule has 0 unspecified atom stereocenters. The van der Waals surface area contributed by atoms with Crippen molar-refractivity contribution in [2.75, 3.05) is 11.9 Å². The van der Waals surface area contributed by atoms with Crippen molar-refractivity contribution in [3.8, 4) is 0 Å². The van der Waals surface area contributed by atoms with Crippen LogP contribution in [-0.2, 0) is 13.0 Å². The number of aromatic nitrogens is 2. The first kappa shape index (κ1) is 13.3. The third-order valence-corrected chi connectivity index (χ3v) is 3.29. The molecule has 21 heavy (non-hydrogen) atoms. The number of rotatable bonds is 2. The van der Waals surface area contributed by atoms with Gasteiger partial charge in [0, 0.05) is 30.4 Å². The van der Waals surface area contributed by atoms with Gasteiger partial charge in [-0.25, -0.2) is 19.2 Å². The van der Waals surface area contributed by atoms with Crippen LogP contribution in [0.15, 0.2) is 30.5 Å². The van der Waals surface area contributed by atoms with E-state index < -0.39 is 6.09 Å². The molecule has 1 aromatic heterocycles. The highest BCUT2D eigenvalue weighted by molar-refractivity contribution is 5.65. The molecule has 7 heteroatoms. The number of amides is 1. The molecule has 2 heterocycles. The van der Waals surface area contributed by atoms with Crippen LogP contribution in [0.5, 0.6) is 0 Å². The quantitative estimate of drug-likeness (QED) is 0.887. The molecule has 0 saturated carbocycles. The lowest BCUT2D eigenvalue weighted by molar-refractivity contribution is 0.139. The zero-order valence-corrected chi connectivity index (χ0v) is 11.1. The minimum Gasteiger partial charge on any atom is -0.465 e. The Hall–Kier alpha value is -2.70. The van der Waals surface area contributed by atoms with Crippen LogP contribution in [0.25, 0.3) is 0 Å². The average molecular weight is 288 g/mol. The van der Waals surface area contributed by atoms with Crippen molar-refractivity contribution in [2.45, 2.75) is 13.0 Å². The zero-order chi connectivity index (χ0) is 14.8. The summed E-state index contributed by atoms with van der Waals surface area (Å²) in [5, 5.41) is 11.9. The van der Waals surface area contributed by atoms with E-state index in [4.69, 9.17) is 5.11 Å². The molecule has 6 nitrogen and oxygen atoms in total. The molecule has 0 bridgehead atoms. The minimum atomic E-state index is -0.942. The summed E-state index contributed by atoms with van der Waals surface area (Å²) < 4.78 is 13.1. The SMILES string of the molecule is O=C(O)N1CCc2nc(Nc3cccc(F)c3)ncc2C1. The van der Waals surface area contributed by atoms with Crippen molar-refractivity contribution in [2.24, 2.45) is 0 Å². The van der Waals surface area contributed by atoms with Crippen molar-refractivity contribution in [3.63, 3.8) is 0 Å². The van der Waals surface area contributed by atoms with E-state index in [9.17, 15) is 9.18 Å². The Morgan fingerprint density at radius 1 is 1.43 bits per heavy atom. The molecule has 0 spiro atoms. The van der Waals surface area contributed by atoms with Crippen LogP contribution in [0.4, 0.5) is 20.8 Å². The first-order valence-corrected chi connectivity index (χ1v) is 6.47. The van der Waals surface area contributed by atoms with Crippen LogP contribution in [-0.4, -0.2) is 32.6 Å². The van der Waals surface area contributed by atoms with Crippen molar-refractivity contribution in [1.29, 1.82) is 0 Å². The zero-order valence-electron chi connectivity index (χ0n) is 11.1. The molecule has 108 valence electrons. The van der Waals surface area contributed by atoms with E-state index in [0.717, 1.165) is 11.3 Å². The van der Waals surface area contributed by atoms with Crippen LogP contribution in [0.1, 0.15) is 11.3 Å². The summed E-state index contributed by atoms with van der Waals surface area (Å²) in [5.74, 6) is 0.0400. The van der Waals surface area contributed by atoms with Gasteiger partial charge in [0.15, 0.2) is 0 Å². The highest BCUT2D eigenvalue weighted by Crippen LogP contribution is 2.20. The van der Waals surface area contributed by atoms with E-state index in [1.807, 2.05) is 0 Å². The largest absolute Gasteiger partial charge is 0.465 e. The van der Waals surface area contributed by atoms with Gasteiger partial charge in [0.1, 0.15) is 5.82 Å². The van der Waals surface area contributed by atoms with Crippen molar-refractivity contribution < 1.29 is 14.3 Å². The lowest BCUT2D eigenvalue weighted by Crippen LogP contribution is -2.35. The van der Waals surface area contributed by atoms with Gasteiger partial charge in [-0.1, -0.05) is 6.07 Å². The van der Waals surface area contributed by atoms with Gasteiger partial charge in [-0.15, -0.1) is 0 Å². The van der Waals surface area contributed by atoms with Crippen LogP contribution in [0.2, 0.25) is 0 Å². The molecule has 1 amide bonds. The predicted octanol–water partition coefficient (Wildman–Crippen LogP) is 2.40. The van der Waals surface area contributed by atoms with E-state index in [2.05, 4.69) is 15.3 Å². The maximum Gasteiger partial charge on any atom is 0.407 e. The molecule has 0 radical (unpaired) electrons. The molecule has 2 aromatic rings. The average Bonchev–Trinajstić information content (AvgIpc) is 2.46. The molecule has 3 rings (SSSR count). The highest BCUT2D eigenvalue weighted by Gasteiger charge is 2.21. The number of nitrogens with one attached hydrogen (secondary N) is 1. The minimum absolute atomic E-state index is 0.297. The third kappa shape index (κ3) is 2.91. The number of fused-ring (bicyclic) bond motifs is 1. The van der Waals surface area contributed by atoms with Gasteiger partial charge in [0.2, 0.25) is 5.95 Å². The number of benzene rings is 1. The number of carbonyl (C=O) groups is 1. The predicted molar refractivity (Wildman–Crippen MR) is 73.9 cm³/mol. The molecule has 1 aromatic carbocycles. The Bertz CT molecular complexity index is 692. The van der Waals surface area contributed by atoms with Crippen LogP contribution < -0.4 is 5.32 Å². The van der Waals surface area contributed by atoms with Gasteiger partial charge < -0.3 is 15.3 Å². The topological polar surface area (TPSA) is 78.3 Å². The molecule has 0 fully saturated rings. The maximum atomic E-state index is 13.1. The van der Waals surface area contributed by atoms with Crippen molar-refractivity contribution in [1.82, 2.24) is 14.9 Å². The number of nitrogens with zero attached hydrogens (tertiary/aromatic N) is 3. The van der Waals surface area contributed by atoms with Gasteiger partial charge in [0.25, 0.3) is 0 Å². The van der Waals surface area contributed by atoms with E-state index >= 15 is 0 Å². The number of hydrogen-bond acceptors (Lipinski definition) is 4. The fourth-order valence-electron chi connectivity index (χ4n) is 2.23. The number of anilines is 2. The number of hydrogen-bond donors (Lipinski definition) is 2. The van der Waals surface area contributed by atoms with Crippen LogP contribution in [0.3, 0.4) is 0 Å². The summed E-state index contributed by atoms with van der Waals surface area (Å²) in [7, 11) is 0. The molecule has 0 atom stereocenters. The summed E-state index contributed by atoms with van der Waals surface area (Å²) in [6, 6.07) is 6.03. The van der Waals surface area contributed by atoms with Crippen molar-refractivity contribution in [3.05, 3.63) is 47.5 Å². The van der Waals surface area contributed by atoms with E-state index in [0.29, 0.717) is 31.1 Å². The lowest BCUT2D eigenvalue weighted by atomic mass is 10.1. The lowest BCUT2D eigenvalue weighted by Gasteiger charge is -2.25. The maximum absolute atomic E-state index is 13.1. The summed E-state index contributed by atoms with van der Waals surface area (Å²) in [6.45, 7) is 0.712. The molecule has 1 aliphatic rings. The standard InChI is InChI=1S/C14H13FN4O2/c15-10-2-1-3-11(6-10)17-13-16-7-9-8-19(14(20)21)5-4-12(9)18-13/h1-3,6-7H,4-5,8H2,(H,20,21)(H,16,17,18). The third-order valence-electron chi connectivity index (χ3n) is 3.29. The summed E-state index contributed by atoms with van der Waals surface area (Å²) in [6.07, 6.45) is 1.21. The highest BCUT2D eigenvalue weighted by atomic mass is 19.1. The molecular weight excluding hydrogens is 275 g/mol. The molecule has 0 saturated heterocycles. The second-order valence-corrected chi connectivity index (χ2v) is 4.76. The Kier molecular flexibility index (Phi) is 3.39. The second-order valence-electron chi connectivity index (χ2n) is 4.76. The number of halogens is 1. The number of carboxylic acid groups (broad SMARTS) is 1. The molecule has 0 aliphatic carbocycles. The van der Waals surface area contributed by atoms with Gasteiger partial charge in [0.05, 0.1) is 12.2 Å². The van der Waals surface area contributed by atoms with Gasteiger partial charge in [-0.3, -0.25) is 0 Å². The Balaban J connectivity index is 1.79. The molecule has 1 aliphatic heterocycles. The van der Waals surface area contributed by atoms with Gasteiger partial charge >= 0.3 is 6.09 Å². The summed E-state index contributed by atoms with van der Waals surface area (Å²) in [4.78, 5) is 20.8. The second kappa shape index (κ2) is 5.35. The van der Waals surface area contributed by atoms with Gasteiger partial charge in [-0.2, -0.15) is 0 Å².